The monoisotopic (exact) mass is 349 g/mol. The molecular weight excluding hydrogens is 326 g/mol. The topological polar surface area (TPSA) is 113 Å². The van der Waals surface area contributed by atoms with Crippen molar-refractivity contribution in [3.8, 4) is 0 Å². The average molecular weight is 349 g/mol. The van der Waals surface area contributed by atoms with Gasteiger partial charge in [0.1, 0.15) is 5.69 Å². The number of nitrogens with one attached hydrogen (secondary N) is 1. The van der Waals surface area contributed by atoms with E-state index in [1.165, 1.54) is 6.07 Å². The zero-order chi connectivity index (χ0) is 18.6. The second kappa shape index (κ2) is 7.50. The van der Waals surface area contributed by atoms with Gasteiger partial charge in [0.05, 0.1) is 4.92 Å². The van der Waals surface area contributed by atoms with Crippen molar-refractivity contribution >= 4 is 23.3 Å². The molecule has 1 fully saturated rings. The van der Waals surface area contributed by atoms with Gasteiger partial charge in [0.2, 0.25) is 0 Å². The van der Waals surface area contributed by atoms with Crippen molar-refractivity contribution in [3.05, 3.63) is 33.9 Å². The molecule has 2 rings (SSSR count). The first kappa shape index (κ1) is 18.7. The van der Waals surface area contributed by atoms with Crippen molar-refractivity contribution < 1.29 is 19.6 Å². The van der Waals surface area contributed by atoms with Gasteiger partial charge in [-0.05, 0) is 45.2 Å². The lowest BCUT2D eigenvalue weighted by molar-refractivity contribution is -0.384. The van der Waals surface area contributed by atoms with Gasteiger partial charge in [0, 0.05) is 36.7 Å². The number of nitro benzene ring substituents is 1. The fourth-order valence-electron chi connectivity index (χ4n) is 2.90. The van der Waals surface area contributed by atoms with E-state index in [2.05, 4.69) is 5.32 Å². The van der Waals surface area contributed by atoms with Gasteiger partial charge in [0.25, 0.3) is 11.6 Å². The molecule has 0 spiro atoms. The summed E-state index contributed by atoms with van der Waals surface area (Å²) >= 11 is 0. The van der Waals surface area contributed by atoms with E-state index in [9.17, 15) is 19.7 Å². The van der Waals surface area contributed by atoms with Crippen LogP contribution in [0.1, 0.15) is 49.9 Å². The van der Waals surface area contributed by atoms with Crippen LogP contribution >= 0.6 is 0 Å². The summed E-state index contributed by atoms with van der Waals surface area (Å²) in [6, 6.07) is 4.47. The van der Waals surface area contributed by atoms with Gasteiger partial charge in [-0.2, -0.15) is 0 Å². The summed E-state index contributed by atoms with van der Waals surface area (Å²) in [5.41, 5.74) is -0.0853. The Hall–Kier alpha value is -2.64. The summed E-state index contributed by atoms with van der Waals surface area (Å²) in [6.45, 7) is 4.99. The number of hydrogen-bond acceptors (Lipinski definition) is 5. The number of carboxylic acid groups (broad SMARTS) is 1. The predicted molar refractivity (Wildman–Crippen MR) is 93.0 cm³/mol. The Morgan fingerprint density at radius 2 is 1.96 bits per heavy atom. The fourth-order valence-corrected chi connectivity index (χ4v) is 2.90. The molecule has 1 aromatic carbocycles. The van der Waals surface area contributed by atoms with Crippen molar-refractivity contribution in [2.75, 3.05) is 18.0 Å². The second-order valence-corrected chi connectivity index (χ2v) is 6.89. The van der Waals surface area contributed by atoms with Crippen LogP contribution in [0.4, 0.5) is 11.4 Å². The van der Waals surface area contributed by atoms with Gasteiger partial charge >= 0.3 is 5.97 Å². The lowest BCUT2D eigenvalue weighted by atomic mass is 9.97. The molecule has 1 amide bonds. The number of hydrogen-bond donors (Lipinski definition) is 2. The van der Waals surface area contributed by atoms with Crippen LogP contribution in [0.25, 0.3) is 0 Å². The molecule has 8 nitrogen and oxygen atoms in total. The molecule has 0 aliphatic carbocycles. The number of nitro groups is 1. The van der Waals surface area contributed by atoms with E-state index in [-0.39, 0.29) is 24.1 Å². The second-order valence-electron chi connectivity index (χ2n) is 6.89. The van der Waals surface area contributed by atoms with Crippen LogP contribution in [-0.4, -0.2) is 40.5 Å². The number of carboxylic acids is 1. The highest BCUT2D eigenvalue weighted by atomic mass is 16.6. The van der Waals surface area contributed by atoms with Gasteiger partial charge < -0.3 is 15.3 Å². The first-order valence-corrected chi connectivity index (χ1v) is 8.27. The largest absolute Gasteiger partial charge is 0.481 e. The maximum Gasteiger partial charge on any atom is 0.303 e. The molecule has 0 saturated carbocycles. The van der Waals surface area contributed by atoms with Crippen molar-refractivity contribution in [3.63, 3.8) is 0 Å². The van der Waals surface area contributed by atoms with E-state index in [0.29, 0.717) is 5.69 Å². The van der Waals surface area contributed by atoms with Crippen molar-refractivity contribution in [2.45, 2.75) is 45.1 Å². The highest BCUT2D eigenvalue weighted by molar-refractivity contribution is 5.96. The number of amides is 1. The van der Waals surface area contributed by atoms with Gasteiger partial charge in [-0.15, -0.1) is 0 Å². The molecule has 1 aromatic rings. The summed E-state index contributed by atoms with van der Waals surface area (Å²) in [5.74, 6) is -1.39. The number of carbonyl (C=O) groups is 2. The molecule has 1 aliphatic rings. The Kier molecular flexibility index (Phi) is 5.61. The third-order valence-electron chi connectivity index (χ3n) is 4.30. The van der Waals surface area contributed by atoms with Gasteiger partial charge in [-0.25, -0.2) is 0 Å². The minimum Gasteiger partial charge on any atom is -0.481 e. The van der Waals surface area contributed by atoms with Crippen LogP contribution in [0.5, 0.6) is 0 Å². The predicted octanol–water partition coefficient (Wildman–Crippen LogP) is 2.57. The average Bonchev–Trinajstić information content (AvgIpc) is 3.06. The molecule has 25 heavy (non-hydrogen) atoms. The molecule has 0 atom stereocenters. The minimum atomic E-state index is -0.937. The SMILES string of the molecule is CC(C)(CCC(=O)O)NC(=O)c1ccc(N2CCCC2)c([N+](=O)[O-])c1. The lowest BCUT2D eigenvalue weighted by Crippen LogP contribution is -2.43. The number of aliphatic carboxylic acids is 1. The summed E-state index contributed by atoms with van der Waals surface area (Å²) in [7, 11) is 0. The Bertz CT molecular complexity index is 681. The highest BCUT2D eigenvalue weighted by Gasteiger charge is 2.26. The Balaban J connectivity index is 2.18. The fraction of sp³-hybridized carbons (Fsp3) is 0.529. The molecule has 0 bridgehead atoms. The van der Waals surface area contributed by atoms with Gasteiger partial charge in [-0.1, -0.05) is 0 Å². The third-order valence-corrected chi connectivity index (χ3v) is 4.30. The van der Waals surface area contributed by atoms with Crippen LogP contribution in [0, 0.1) is 10.1 Å². The van der Waals surface area contributed by atoms with Crippen molar-refractivity contribution in [1.29, 1.82) is 0 Å². The van der Waals surface area contributed by atoms with Crippen LogP contribution in [-0.2, 0) is 4.79 Å². The molecule has 1 saturated heterocycles. The third kappa shape index (κ3) is 4.91. The van der Waals surface area contributed by atoms with Crippen molar-refractivity contribution in [1.82, 2.24) is 5.32 Å². The summed E-state index contributed by atoms with van der Waals surface area (Å²) in [6.07, 6.45) is 2.19. The molecule has 2 N–H and O–H groups in total. The molecule has 1 aliphatic heterocycles. The van der Waals surface area contributed by atoms with Crippen molar-refractivity contribution in [2.24, 2.45) is 0 Å². The standard InChI is InChI=1S/C17H23N3O5/c1-17(2,8-7-15(21)22)18-16(23)12-5-6-13(14(11-12)20(24)25)19-9-3-4-10-19/h5-6,11H,3-4,7-10H2,1-2H3,(H,18,23)(H,21,22). The zero-order valence-corrected chi connectivity index (χ0v) is 14.4. The van der Waals surface area contributed by atoms with Crippen LogP contribution in [0.3, 0.4) is 0 Å². The van der Waals surface area contributed by atoms with E-state index in [0.717, 1.165) is 25.9 Å². The zero-order valence-electron chi connectivity index (χ0n) is 14.4. The Morgan fingerprint density at radius 3 is 2.52 bits per heavy atom. The molecule has 1 heterocycles. The van der Waals surface area contributed by atoms with Crippen LogP contribution in [0.15, 0.2) is 18.2 Å². The lowest BCUT2D eigenvalue weighted by Gasteiger charge is -2.26. The minimum absolute atomic E-state index is 0.0681. The first-order valence-electron chi connectivity index (χ1n) is 8.27. The highest BCUT2D eigenvalue weighted by Crippen LogP contribution is 2.31. The number of nitrogens with zero attached hydrogens (tertiary/aromatic N) is 2. The summed E-state index contributed by atoms with van der Waals surface area (Å²) in [4.78, 5) is 36.0. The molecule has 8 heteroatoms. The van der Waals surface area contributed by atoms with Crippen LogP contribution in [0.2, 0.25) is 0 Å². The van der Waals surface area contributed by atoms with Gasteiger partial charge in [0.15, 0.2) is 0 Å². The van der Waals surface area contributed by atoms with E-state index in [1.54, 1.807) is 26.0 Å². The van der Waals surface area contributed by atoms with E-state index in [4.69, 9.17) is 5.11 Å². The molecule has 0 unspecified atom stereocenters. The van der Waals surface area contributed by atoms with Gasteiger partial charge in [-0.3, -0.25) is 19.7 Å². The maximum absolute atomic E-state index is 12.4. The first-order chi connectivity index (χ1) is 11.7. The Labute approximate surface area is 146 Å². The van der Waals surface area contributed by atoms with E-state index in [1.807, 2.05) is 4.90 Å². The van der Waals surface area contributed by atoms with E-state index < -0.39 is 22.3 Å². The quantitative estimate of drug-likeness (QED) is 0.578. The molecule has 0 radical (unpaired) electrons. The normalized spacial score (nSPS) is 14.4. The smallest absolute Gasteiger partial charge is 0.303 e. The maximum atomic E-state index is 12.4. The molecule has 0 aromatic heterocycles. The molecule has 136 valence electrons. The summed E-state index contributed by atoms with van der Waals surface area (Å²) < 4.78 is 0. The summed E-state index contributed by atoms with van der Waals surface area (Å²) in [5, 5.41) is 22.9. The number of rotatable bonds is 7. The van der Waals surface area contributed by atoms with E-state index >= 15 is 0 Å². The number of anilines is 1. The number of carbonyl (C=O) groups excluding carboxylic acids is 1. The van der Waals surface area contributed by atoms with Crippen LogP contribution < -0.4 is 10.2 Å². The number of benzene rings is 1. The molecular formula is C17H23N3O5. The Morgan fingerprint density at radius 1 is 1.32 bits per heavy atom.